The van der Waals surface area contributed by atoms with E-state index in [1.54, 1.807) is 40.9 Å². The van der Waals surface area contributed by atoms with Gasteiger partial charge in [-0.25, -0.2) is 4.79 Å². The Labute approximate surface area is 334 Å². The average molecular weight is 798 g/mol. The van der Waals surface area contributed by atoms with Gasteiger partial charge in [0.1, 0.15) is 30.2 Å². The maximum absolute atomic E-state index is 14.3. The van der Waals surface area contributed by atoms with Crippen LogP contribution in [0.15, 0.2) is 35.5 Å². The first-order valence-electron chi connectivity index (χ1n) is 19.5. The Kier molecular flexibility index (Phi) is 16.8. The van der Waals surface area contributed by atoms with E-state index in [1.807, 2.05) is 38.1 Å². The lowest BCUT2D eigenvalue weighted by Crippen LogP contribution is -2.62. The number of aromatic amines is 1. The quantitative estimate of drug-likeness (QED) is 0.0476. The molecule has 2 heterocycles. The van der Waals surface area contributed by atoms with Gasteiger partial charge in [0.2, 0.25) is 29.5 Å². The van der Waals surface area contributed by atoms with Gasteiger partial charge >= 0.3 is 5.97 Å². The minimum Gasteiger partial charge on any atom is -0.480 e. The molecule has 1 aromatic carbocycles. The third-order valence-electron chi connectivity index (χ3n) is 10.0. The summed E-state index contributed by atoms with van der Waals surface area (Å²) < 4.78 is 0. The number of rotatable bonds is 20. The number of benzene rings is 1. The molecule has 1 aromatic heterocycles. The van der Waals surface area contributed by atoms with Crippen LogP contribution in [0, 0.1) is 11.3 Å². The minimum atomic E-state index is -1.21. The van der Waals surface area contributed by atoms with Crippen LogP contribution in [0.3, 0.4) is 0 Å². The van der Waals surface area contributed by atoms with Gasteiger partial charge in [-0.15, -0.1) is 0 Å². The number of nitrogens with one attached hydrogen (secondary N) is 6. The summed E-state index contributed by atoms with van der Waals surface area (Å²) in [5.74, 6) is -4.20. The summed E-state index contributed by atoms with van der Waals surface area (Å²) in [6.45, 7) is 11.0. The van der Waals surface area contributed by atoms with E-state index in [0.29, 0.717) is 32.2 Å². The lowest BCUT2D eigenvalue weighted by Gasteiger charge is -2.34. The summed E-state index contributed by atoms with van der Waals surface area (Å²) >= 11 is 0. The summed E-state index contributed by atoms with van der Waals surface area (Å²) in [5.41, 5.74) is 17.7. The van der Waals surface area contributed by atoms with E-state index < -0.39 is 83.2 Å². The van der Waals surface area contributed by atoms with Gasteiger partial charge in [-0.3, -0.25) is 29.0 Å². The molecule has 13 N–H and O–H groups in total. The molecule has 1 aliphatic rings. The Morgan fingerprint density at radius 2 is 1.63 bits per heavy atom. The molecule has 1 saturated heterocycles. The Morgan fingerprint density at radius 1 is 0.947 bits per heavy atom. The number of nitrogens with two attached hydrogens (primary N) is 3. The first-order valence-corrected chi connectivity index (χ1v) is 19.5. The summed E-state index contributed by atoms with van der Waals surface area (Å²) in [6, 6.07) is 0.221. The fourth-order valence-electron chi connectivity index (χ4n) is 6.96. The molecule has 18 nitrogen and oxygen atoms in total. The van der Waals surface area contributed by atoms with Crippen LogP contribution in [0.25, 0.3) is 10.9 Å². The van der Waals surface area contributed by atoms with Gasteiger partial charge in [-0.1, -0.05) is 46.8 Å². The maximum atomic E-state index is 14.3. The SMILES string of the molecule is CN[C@@H](CCCN=C(N)N)C(=O)N[C@H](C(=O)N1CCC[C@H]1C(=O)N[C@@H](Cc1cccc2[nH]ccc12)C(=O)N[C@H](C(=O)N[C@@H](CC(C)C)C(=O)O)C(C)(C)C)C(C)N. The third kappa shape index (κ3) is 13.2. The molecular formula is C39H63N11O7. The third-order valence-corrected chi connectivity index (χ3v) is 10.0. The number of fused-ring (bicyclic) bond motifs is 1. The number of aromatic nitrogens is 1. The number of aliphatic carboxylic acids is 1. The predicted octanol–water partition coefficient (Wildman–Crippen LogP) is -0.194. The normalized spacial score (nSPS) is 17.5. The average Bonchev–Trinajstić information content (AvgIpc) is 3.82. The zero-order valence-corrected chi connectivity index (χ0v) is 34.2. The number of hydrogen-bond donors (Lipinski definition) is 10. The van der Waals surface area contributed by atoms with Crippen molar-refractivity contribution < 1.29 is 33.9 Å². The number of carbonyl (C=O) groups excluding carboxylic acids is 5. The highest BCUT2D eigenvalue weighted by Gasteiger charge is 2.42. The van der Waals surface area contributed by atoms with Crippen LogP contribution in [0.1, 0.15) is 79.2 Å². The molecule has 0 spiro atoms. The molecule has 1 aliphatic heterocycles. The predicted molar refractivity (Wildman–Crippen MR) is 217 cm³/mol. The number of guanidine groups is 1. The molecule has 1 fully saturated rings. The first kappa shape index (κ1) is 46.2. The number of nitrogens with zero attached hydrogens (tertiary/aromatic N) is 2. The molecule has 5 amide bonds. The van der Waals surface area contributed by atoms with Crippen molar-refractivity contribution in [1.29, 1.82) is 0 Å². The number of likely N-dealkylation sites (N-methyl/N-ethyl adjacent to an activating group) is 1. The highest BCUT2D eigenvalue weighted by Crippen LogP contribution is 2.24. The van der Waals surface area contributed by atoms with E-state index in [1.165, 1.54) is 4.90 Å². The second-order valence-corrected chi connectivity index (χ2v) is 16.3. The van der Waals surface area contributed by atoms with E-state index in [2.05, 4.69) is 36.6 Å². The van der Waals surface area contributed by atoms with E-state index >= 15 is 0 Å². The molecule has 316 valence electrons. The second kappa shape index (κ2) is 20.8. The number of amides is 5. The number of carbonyl (C=O) groups is 6. The first-order chi connectivity index (χ1) is 26.7. The van der Waals surface area contributed by atoms with Crippen LogP contribution >= 0.6 is 0 Å². The van der Waals surface area contributed by atoms with Crippen molar-refractivity contribution in [3.05, 3.63) is 36.0 Å². The minimum absolute atomic E-state index is 0.0235. The molecule has 0 aliphatic carbocycles. The molecule has 3 rings (SSSR count). The number of H-pyrrole nitrogens is 1. The fourth-order valence-corrected chi connectivity index (χ4v) is 6.96. The molecule has 0 bridgehead atoms. The zero-order valence-electron chi connectivity index (χ0n) is 34.2. The zero-order chi connectivity index (χ0) is 42.6. The second-order valence-electron chi connectivity index (χ2n) is 16.3. The Morgan fingerprint density at radius 3 is 2.23 bits per heavy atom. The topological polar surface area (TPSA) is 292 Å². The van der Waals surface area contributed by atoms with E-state index in [0.717, 1.165) is 16.5 Å². The molecule has 7 atom stereocenters. The van der Waals surface area contributed by atoms with Crippen molar-refractivity contribution >= 4 is 52.4 Å². The van der Waals surface area contributed by atoms with Crippen molar-refractivity contribution in [2.75, 3.05) is 20.1 Å². The van der Waals surface area contributed by atoms with Crippen molar-refractivity contribution in [2.45, 2.75) is 122 Å². The maximum Gasteiger partial charge on any atom is 0.326 e. The van der Waals surface area contributed by atoms with Gasteiger partial charge < -0.3 is 58.8 Å². The van der Waals surface area contributed by atoms with Gasteiger partial charge in [0, 0.05) is 42.7 Å². The van der Waals surface area contributed by atoms with Gasteiger partial charge in [0.25, 0.3) is 0 Å². The fraction of sp³-hybridized carbons (Fsp3) is 0.615. The Hall–Kier alpha value is -5.23. The van der Waals surface area contributed by atoms with Gasteiger partial charge in [0.05, 0.1) is 6.04 Å². The summed E-state index contributed by atoms with van der Waals surface area (Å²) in [5, 5.41) is 24.6. The number of carboxylic acid groups (broad SMARTS) is 1. The Bertz CT molecular complexity index is 1750. The summed E-state index contributed by atoms with van der Waals surface area (Å²) in [6.07, 6.45) is 3.64. The van der Waals surface area contributed by atoms with Crippen LogP contribution < -0.4 is 43.8 Å². The van der Waals surface area contributed by atoms with Crippen molar-refractivity contribution in [3.8, 4) is 0 Å². The van der Waals surface area contributed by atoms with Gasteiger partial charge in [-0.2, -0.15) is 0 Å². The molecule has 2 aromatic rings. The van der Waals surface area contributed by atoms with Gasteiger partial charge in [0.15, 0.2) is 5.96 Å². The standard InChI is InChI=1S/C39H63N11O7/c1-21(2)19-28(37(56)57)47-35(54)31(39(4,5)6)49-33(52)27(20-23-11-8-12-25-24(23)15-17-44-25)46-34(53)29-14-10-18-50(29)36(55)30(22(3)40)48-32(51)26(43-7)13-9-16-45-38(41)42/h8,11-12,15,17,21-22,26-31,43-44H,9-10,13-14,16,18-20,40H2,1-7H3,(H,46,53)(H,47,54)(H,48,51)(H,49,52)(H,56,57)(H4,41,42,45)/t22?,26-,27-,28-,29-,30-,31+/m0/s1. The highest BCUT2D eigenvalue weighted by atomic mass is 16.4. The number of aliphatic imine (C=N–C) groups is 1. The molecule has 0 radical (unpaired) electrons. The van der Waals surface area contributed by atoms with Crippen molar-refractivity contribution in [1.82, 2.24) is 36.5 Å². The van der Waals surface area contributed by atoms with Crippen molar-refractivity contribution in [2.24, 2.45) is 33.5 Å². The van der Waals surface area contributed by atoms with E-state index in [4.69, 9.17) is 17.2 Å². The molecule has 18 heteroatoms. The lowest BCUT2D eigenvalue weighted by atomic mass is 9.85. The van der Waals surface area contributed by atoms with Crippen LogP contribution in [0.5, 0.6) is 0 Å². The van der Waals surface area contributed by atoms with Crippen LogP contribution in [0.4, 0.5) is 0 Å². The lowest BCUT2D eigenvalue weighted by molar-refractivity contribution is -0.144. The summed E-state index contributed by atoms with van der Waals surface area (Å²) in [7, 11) is 1.62. The van der Waals surface area contributed by atoms with E-state index in [9.17, 15) is 33.9 Å². The molecule has 1 unspecified atom stereocenters. The smallest absolute Gasteiger partial charge is 0.326 e. The van der Waals surface area contributed by atoms with E-state index in [-0.39, 0.29) is 31.3 Å². The molecule has 57 heavy (non-hydrogen) atoms. The van der Waals surface area contributed by atoms with Crippen molar-refractivity contribution in [3.63, 3.8) is 0 Å². The molecular weight excluding hydrogens is 734 g/mol. The van der Waals surface area contributed by atoms with Crippen LogP contribution in [-0.2, 0) is 35.2 Å². The van der Waals surface area contributed by atoms with Crippen LogP contribution in [0.2, 0.25) is 0 Å². The number of likely N-dealkylation sites (tertiary alicyclic amines) is 1. The monoisotopic (exact) mass is 797 g/mol. The highest BCUT2D eigenvalue weighted by molar-refractivity contribution is 5.97. The van der Waals surface area contributed by atoms with Gasteiger partial charge in [-0.05, 0) is 75.1 Å². The summed E-state index contributed by atoms with van der Waals surface area (Å²) in [4.78, 5) is 90.0. The van der Waals surface area contributed by atoms with Crippen LogP contribution in [-0.4, -0.2) is 119 Å². The largest absolute Gasteiger partial charge is 0.480 e. The number of carboxylic acids is 1. The molecule has 0 saturated carbocycles. The Balaban J connectivity index is 1.87. The number of hydrogen-bond acceptors (Lipinski definition) is 9.